The molecule has 0 aliphatic heterocycles. The fraction of sp³-hybridized carbons (Fsp3) is 0.192. The third-order valence-corrected chi connectivity index (χ3v) is 5.59. The standard InChI is InChI=1S/C26H23FN2O3/c1-2-24(30)20-10-8-19(9-11-20)17-29-23-16-21(27)12-13-22(23)25(31)28(26(29)32)15-14-18-6-4-3-5-7-18/h3-13,16H,2,14-15,17H2,1H3. The summed E-state index contributed by atoms with van der Waals surface area (Å²) in [5.41, 5.74) is 1.73. The number of ketones is 1. The van der Waals surface area contributed by atoms with Crippen molar-refractivity contribution in [1.82, 2.24) is 9.13 Å². The predicted octanol–water partition coefficient (Wildman–Crippen LogP) is 4.19. The Morgan fingerprint density at radius 3 is 2.28 bits per heavy atom. The van der Waals surface area contributed by atoms with Crippen LogP contribution in [0.3, 0.4) is 0 Å². The lowest BCUT2D eigenvalue weighted by Gasteiger charge is -2.15. The van der Waals surface area contributed by atoms with E-state index in [9.17, 15) is 18.8 Å². The first-order valence-corrected chi connectivity index (χ1v) is 10.6. The number of hydrogen-bond donors (Lipinski definition) is 0. The summed E-state index contributed by atoms with van der Waals surface area (Å²) < 4.78 is 16.6. The highest BCUT2D eigenvalue weighted by Crippen LogP contribution is 2.14. The van der Waals surface area contributed by atoms with E-state index < -0.39 is 17.1 Å². The predicted molar refractivity (Wildman–Crippen MR) is 123 cm³/mol. The maximum absolute atomic E-state index is 14.0. The van der Waals surface area contributed by atoms with Gasteiger partial charge < -0.3 is 0 Å². The lowest BCUT2D eigenvalue weighted by atomic mass is 10.1. The summed E-state index contributed by atoms with van der Waals surface area (Å²) in [6.45, 7) is 2.18. The van der Waals surface area contributed by atoms with Crippen LogP contribution in [0.4, 0.5) is 4.39 Å². The zero-order valence-corrected chi connectivity index (χ0v) is 17.8. The first-order valence-electron chi connectivity index (χ1n) is 10.6. The summed E-state index contributed by atoms with van der Waals surface area (Å²) in [7, 11) is 0. The molecule has 0 aliphatic rings. The van der Waals surface area contributed by atoms with E-state index in [1.54, 1.807) is 31.2 Å². The first-order chi connectivity index (χ1) is 15.5. The average molecular weight is 430 g/mol. The maximum Gasteiger partial charge on any atom is 0.331 e. The van der Waals surface area contributed by atoms with Crippen LogP contribution < -0.4 is 11.2 Å². The zero-order chi connectivity index (χ0) is 22.7. The number of carbonyl (C=O) groups excluding carboxylic acids is 1. The second-order valence-corrected chi connectivity index (χ2v) is 7.70. The van der Waals surface area contributed by atoms with Gasteiger partial charge in [-0.2, -0.15) is 0 Å². The van der Waals surface area contributed by atoms with Gasteiger partial charge in [0.2, 0.25) is 0 Å². The summed E-state index contributed by atoms with van der Waals surface area (Å²) in [6, 6.07) is 20.5. The van der Waals surface area contributed by atoms with Gasteiger partial charge in [-0.15, -0.1) is 0 Å². The van der Waals surface area contributed by atoms with Gasteiger partial charge in [0.15, 0.2) is 5.78 Å². The number of nitrogens with zero attached hydrogens (tertiary/aromatic N) is 2. The highest BCUT2D eigenvalue weighted by Gasteiger charge is 2.15. The molecule has 0 spiro atoms. The van der Waals surface area contributed by atoms with Crippen LogP contribution >= 0.6 is 0 Å². The molecule has 4 rings (SSSR count). The van der Waals surface area contributed by atoms with E-state index in [-0.39, 0.29) is 29.8 Å². The van der Waals surface area contributed by atoms with E-state index in [0.717, 1.165) is 11.1 Å². The molecule has 0 aliphatic carbocycles. The Bertz CT molecular complexity index is 1390. The van der Waals surface area contributed by atoms with Crippen molar-refractivity contribution in [2.45, 2.75) is 32.9 Å². The molecule has 0 amide bonds. The third kappa shape index (κ3) is 4.30. The van der Waals surface area contributed by atoms with Crippen LogP contribution in [0.2, 0.25) is 0 Å². The van der Waals surface area contributed by atoms with Crippen LogP contribution in [-0.4, -0.2) is 14.9 Å². The second kappa shape index (κ2) is 9.14. The maximum atomic E-state index is 14.0. The molecule has 6 heteroatoms. The smallest absolute Gasteiger partial charge is 0.294 e. The molecule has 0 saturated heterocycles. The number of benzene rings is 3. The minimum absolute atomic E-state index is 0.0377. The van der Waals surface area contributed by atoms with Gasteiger partial charge in [-0.3, -0.25) is 18.7 Å². The molecule has 0 unspecified atom stereocenters. The van der Waals surface area contributed by atoms with Gasteiger partial charge in [-0.05, 0) is 35.7 Å². The van der Waals surface area contributed by atoms with Gasteiger partial charge in [0.1, 0.15) is 5.82 Å². The SMILES string of the molecule is CCC(=O)c1ccc(Cn2c(=O)n(CCc3ccccc3)c(=O)c3ccc(F)cc32)cc1. The Morgan fingerprint density at radius 2 is 1.59 bits per heavy atom. The first kappa shape index (κ1) is 21.4. The van der Waals surface area contributed by atoms with Crippen LogP contribution in [0.5, 0.6) is 0 Å². The summed E-state index contributed by atoms with van der Waals surface area (Å²) in [5.74, 6) is -0.480. The number of aromatic nitrogens is 2. The average Bonchev–Trinajstić information content (AvgIpc) is 2.82. The monoisotopic (exact) mass is 430 g/mol. The molecule has 0 N–H and O–H groups in total. The molecule has 0 saturated carbocycles. The Morgan fingerprint density at radius 1 is 0.875 bits per heavy atom. The van der Waals surface area contributed by atoms with Gasteiger partial charge in [0.05, 0.1) is 17.4 Å². The van der Waals surface area contributed by atoms with E-state index in [1.165, 1.54) is 27.3 Å². The number of aryl methyl sites for hydroxylation is 1. The van der Waals surface area contributed by atoms with Gasteiger partial charge in [0, 0.05) is 18.5 Å². The van der Waals surface area contributed by atoms with Gasteiger partial charge >= 0.3 is 5.69 Å². The van der Waals surface area contributed by atoms with Crippen LogP contribution in [0.25, 0.3) is 10.9 Å². The Labute approximate surface area is 184 Å². The van der Waals surface area contributed by atoms with E-state index >= 15 is 0 Å². The summed E-state index contributed by atoms with van der Waals surface area (Å²) in [5, 5.41) is 0.289. The largest absolute Gasteiger partial charge is 0.331 e. The number of carbonyl (C=O) groups is 1. The van der Waals surface area contributed by atoms with Crippen LogP contribution in [0.15, 0.2) is 82.4 Å². The van der Waals surface area contributed by atoms with Crippen molar-refractivity contribution >= 4 is 16.7 Å². The lowest BCUT2D eigenvalue weighted by Crippen LogP contribution is -2.40. The normalized spacial score (nSPS) is 11.1. The molecule has 0 bridgehead atoms. The molecule has 0 radical (unpaired) electrons. The van der Waals surface area contributed by atoms with Crippen molar-refractivity contribution in [1.29, 1.82) is 0 Å². The number of rotatable bonds is 7. The van der Waals surface area contributed by atoms with E-state index in [0.29, 0.717) is 18.4 Å². The number of Topliss-reactive ketones (excluding diaryl/α,β-unsaturated/α-hetero) is 1. The van der Waals surface area contributed by atoms with E-state index in [4.69, 9.17) is 0 Å². The van der Waals surface area contributed by atoms with E-state index in [2.05, 4.69) is 0 Å². The molecule has 0 atom stereocenters. The van der Waals surface area contributed by atoms with Crippen molar-refractivity contribution in [3.8, 4) is 0 Å². The van der Waals surface area contributed by atoms with Gasteiger partial charge in [-0.25, -0.2) is 9.18 Å². The van der Waals surface area contributed by atoms with Crippen molar-refractivity contribution in [3.63, 3.8) is 0 Å². The van der Waals surface area contributed by atoms with Crippen molar-refractivity contribution in [2.75, 3.05) is 0 Å². The zero-order valence-electron chi connectivity index (χ0n) is 17.8. The highest BCUT2D eigenvalue weighted by molar-refractivity contribution is 5.95. The van der Waals surface area contributed by atoms with Crippen molar-refractivity contribution in [2.24, 2.45) is 0 Å². The van der Waals surface area contributed by atoms with Crippen molar-refractivity contribution < 1.29 is 9.18 Å². The number of hydrogen-bond acceptors (Lipinski definition) is 3. The molecule has 5 nitrogen and oxygen atoms in total. The summed E-state index contributed by atoms with van der Waals surface area (Å²) >= 11 is 0. The third-order valence-electron chi connectivity index (χ3n) is 5.59. The quantitative estimate of drug-likeness (QED) is 0.413. The van der Waals surface area contributed by atoms with Gasteiger partial charge in [-0.1, -0.05) is 61.5 Å². The molecule has 0 fully saturated rings. The minimum atomic E-state index is -0.518. The molecule has 4 aromatic rings. The molecular formula is C26H23FN2O3. The lowest BCUT2D eigenvalue weighted by molar-refractivity contribution is 0.0988. The fourth-order valence-corrected chi connectivity index (χ4v) is 3.81. The number of halogens is 1. The molecule has 32 heavy (non-hydrogen) atoms. The summed E-state index contributed by atoms with van der Waals surface area (Å²) in [6.07, 6.45) is 0.936. The second-order valence-electron chi connectivity index (χ2n) is 7.70. The Kier molecular flexibility index (Phi) is 6.12. The van der Waals surface area contributed by atoms with Gasteiger partial charge in [0.25, 0.3) is 5.56 Å². The molecule has 3 aromatic carbocycles. The summed E-state index contributed by atoms with van der Waals surface area (Å²) in [4.78, 5) is 38.2. The molecule has 1 heterocycles. The fourth-order valence-electron chi connectivity index (χ4n) is 3.81. The van der Waals surface area contributed by atoms with Crippen LogP contribution in [0.1, 0.15) is 34.8 Å². The van der Waals surface area contributed by atoms with E-state index in [1.807, 2.05) is 30.3 Å². The Hall–Kier alpha value is -3.80. The molecule has 162 valence electrons. The molecular weight excluding hydrogens is 407 g/mol. The number of fused-ring (bicyclic) bond motifs is 1. The highest BCUT2D eigenvalue weighted by atomic mass is 19.1. The molecule has 1 aromatic heterocycles. The van der Waals surface area contributed by atoms with Crippen LogP contribution in [0, 0.1) is 5.82 Å². The van der Waals surface area contributed by atoms with Crippen LogP contribution in [-0.2, 0) is 19.5 Å². The minimum Gasteiger partial charge on any atom is -0.294 e. The Balaban J connectivity index is 1.78. The topological polar surface area (TPSA) is 61.1 Å². The van der Waals surface area contributed by atoms with Crippen molar-refractivity contribution in [3.05, 3.63) is 116 Å².